The molecule has 0 saturated carbocycles. The topological polar surface area (TPSA) is 66.6 Å². The summed E-state index contributed by atoms with van der Waals surface area (Å²) >= 11 is 0. The Balaban J connectivity index is 2.03. The highest BCUT2D eigenvalue weighted by Crippen LogP contribution is 2.19. The number of sulfonamides is 1. The summed E-state index contributed by atoms with van der Waals surface area (Å²) in [6, 6.07) is 8.30. The molecule has 1 atom stereocenters. The zero-order valence-corrected chi connectivity index (χ0v) is 12.9. The molecule has 1 aliphatic heterocycles. The van der Waals surface area contributed by atoms with Crippen molar-refractivity contribution >= 4 is 15.7 Å². The third-order valence-corrected chi connectivity index (χ3v) is 6.10. The van der Waals surface area contributed by atoms with E-state index in [1.807, 2.05) is 6.07 Å². The third-order valence-electron chi connectivity index (χ3n) is 3.81. The number of piperazine rings is 1. The summed E-state index contributed by atoms with van der Waals surface area (Å²) in [5.74, 6) is 0. The van der Waals surface area contributed by atoms with Crippen molar-refractivity contribution in [2.75, 3.05) is 37.6 Å². The van der Waals surface area contributed by atoms with E-state index in [-0.39, 0.29) is 6.54 Å². The maximum absolute atomic E-state index is 12.2. The van der Waals surface area contributed by atoms with Crippen LogP contribution in [0.15, 0.2) is 24.3 Å². The van der Waals surface area contributed by atoms with Crippen LogP contribution in [0, 0.1) is 6.92 Å². The second kappa shape index (κ2) is 6.11. The summed E-state index contributed by atoms with van der Waals surface area (Å²) in [6.07, 6.45) is 0. The molecule has 0 bridgehead atoms. The molecule has 0 radical (unpaired) electrons. The van der Waals surface area contributed by atoms with Crippen molar-refractivity contribution in [1.82, 2.24) is 4.31 Å². The largest absolute Gasteiger partial charge is 0.369 e. The average Bonchev–Trinajstić information content (AvgIpc) is 2.46. The average molecular weight is 297 g/mol. The first-order valence-corrected chi connectivity index (χ1v) is 8.46. The quantitative estimate of drug-likeness (QED) is 0.892. The lowest BCUT2D eigenvalue weighted by Crippen LogP contribution is -2.51. The predicted molar refractivity (Wildman–Crippen MR) is 82.4 cm³/mol. The molecule has 0 amide bonds. The van der Waals surface area contributed by atoms with E-state index in [1.165, 1.54) is 5.56 Å². The molecule has 2 N–H and O–H groups in total. The van der Waals surface area contributed by atoms with Gasteiger partial charge in [0.05, 0.1) is 5.25 Å². The normalized spacial score (nSPS) is 19.1. The van der Waals surface area contributed by atoms with Crippen LogP contribution in [0.2, 0.25) is 0 Å². The molecule has 0 spiro atoms. The maximum atomic E-state index is 12.2. The van der Waals surface area contributed by atoms with Crippen molar-refractivity contribution in [3.8, 4) is 0 Å². The number of nitrogens with zero attached hydrogens (tertiary/aromatic N) is 2. The molecule has 1 aliphatic rings. The van der Waals surface area contributed by atoms with Crippen LogP contribution in [0.4, 0.5) is 5.69 Å². The van der Waals surface area contributed by atoms with Gasteiger partial charge >= 0.3 is 0 Å². The van der Waals surface area contributed by atoms with Gasteiger partial charge in [-0.2, -0.15) is 4.31 Å². The van der Waals surface area contributed by atoms with Crippen LogP contribution < -0.4 is 10.6 Å². The lowest BCUT2D eigenvalue weighted by Gasteiger charge is -2.36. The van der Waals surface area contributed by atoms with Gasteiger partial charge in [0.1, 0.15) is 0 Å². The van der Waals surface area contributed by atoms with Crippen LogP contribution in [0.25, 0.3) is 0 Å². The van der Waals surface area contributed by atoms with Gasteiger partial charge in [-0.05, 0) is 31.5 Å². The number of hydrogen-bond acceptors (Lipinski definition) is 4. The van der Waals surface area contributed by atoms with Crippen LogP contribution in [0.3, 0.4) is 0 Å². The van der Waals surface area contributed by atoms with Gasteiger partial charge in [-0.15, -0.1) is 0 Å². The summed E-state index contributed by atoms with van der Waals surface area (Å²) in [5, 5.41) is -0.506. The molecule has 1 saturated heterocycles. The fourth-order valence-electron chi connectivity index (χ4n) is 2.40. The van der Waals surface area contributed by atoms with Gasteiger partial charge in [0.25, 0.3) is 0 Å². The standard InChI is InChI=1S/C14H23N3O2S/c1-12-4-3-5-14(10-12)16-6-8-17(9-7-16)20(18,19)13(2)11-15/h3-5,10,13H,6-9,11,15H2,1-2H3. The number of nitrogens with two attached hydrogens (primary N) is 1. The number of benzene rings is 1. The summed E-state index contributed by atoms with van der Waals surface area (Å²) in [7, 11) is -3.24. The van der Waals surface area contributed by atoms with E-state index >= 15 is 0 Å². The molecule has 1 aromatic rings. The Labute approximate surface area is 121 Å². The van der Waals surface area contributed by atoms with E-state index in [2.05, 4.69) is 30.0 Å². The van der Waals surface area contributed by atoms with Gasteiger partial charge in [0, 0.05) is 38.4 Å². The first-order chi connectivity index (χ1) is 9.45. The van der Waals surface area contributed by atoms with Gasteiger partial charge in [0.2, 0.25) is 10.0 Å². The summed E-state index contributed by atoms with van der Waals surface area (Å²) < 4.78 is 26.0. The summed E-state index contributed by atoms with van der Waals surface area (Å²) in [5.41, 5.74) is 7.86. The van der Waals surface area contributed by atoms with Crippen LogP contribution >= 0.6 is 0 Å². The Bertz CT molecular complexity index is 551. The van der Waals surface area contributed by atoms with Crippen molar-refractivity contribution in [1.29, 1.82) is 0 Å². The fourth-order valence-corrected chi connectivity index (χ4v) is 3.83. The Morgan fingerprint density at radius 3 is 2.45 bits per heavy atom. The molecular weight excluding hydrogens is 274 g/mol. The molecule has 1 heterocycles. The molecule has 6 heteroatoms. The lowest BCUT2D eigenvalue weighted by atomic mass is 10.2. The minimum atomic E-state index is -3.24. The van der Waals surface area contributed by atoms with Crippen LogP contribution in [-0.2, 0) is 10.0 Å². The Kier molecular flexibility index (Phi) is 4.67. The van der Waals surface area contributed by atoms with E-state index in [0.717, 1.165) is 18.8 Å². The molecule has 0 aromatic heterocycles. The number of rotatable bonds is 4. The SMILES string of the molecule is Cc1cccc(N2CCN(S(=O)(=O)C(C)CN)CC2)c1. The first kappa shape index (κ1) is 15.3. The van der Waals surface area contributed by atoms with E-state index in [0.29, 0.717) is 13.1 Å². The number of anilines is 1. The molecular formula is C14H23N3O2S. The van der Waals surface area contributed by atoms with Crippen molar-refractivity contribution < 1.29 is 8.42 Å². The van der Waals surface area contributed by atoms with Gasteiger partial charge in [-0.25, -0.2) is 8.42 Å². The fraction of sp³-hybridized carbons (Fsp3) is 0.571. The number of aryl methyl sites for hydroxylation is 1. The van der Waals surface area contributed by atoms with Crippen molar-refractivity contribution in [2.45, 2.75) is 19.1 Å². The maximum Gasteiger partial charge on any atom is 0.218 e. The molecule has 1 aromatic carbocycles. The van der Waals surface area contributed by atoms with Crippen molar-refractivity contribution in [2.24, 2.45) is 5.73 Å². The summed E-state index contributed by atoms with van der Waals surface area (Å²) in [4.78, 5) is 2.23. The molecule has 112 valence electrons. The van der Waals surface area contributed by atoms with E-state index < -0.39 is 15.3 Å². The molecule has 20 heavy (non-hydrogen) atoms. The van der Waals surface area contributed by atoms with Gasteiger partial charge in [0.15, 0.2) is 0 Å². The Morgan fingerprint density at radius 1 is 1.25 bits per heavy atom. The highest BCUT2D eigenvalue weighted by Gasteiger charge is 2.30. The molecule has 1 unspecified atom stereocenters. The Morgan fingerprint density at radius 2 is 1.90 bits per heavy atom. The second-order valence-corrected chi connectivity index (χ2v) is 7.67. The van der Waals surface area contributed by atoms with Crippen molar-refractivity contribution in [3.05, 3.63) is 29.8 Å². The molecule has 5 nitrogen and oxygen atoms in total. The monoisotopic (exact) mass is 297 g/mol. The predicted octanol–water partition coefficient (Wildman–Crippen LogP) is 0.794. The Hall–Kier alpha value is -1.11. The van der Waals surface area contributed by atoms with Crippen LogP contribution in [0.1, 0.15) is 12.5 Å². The highest BCUT2D eigenvalue weighted by atomic mass is 32.2. The zero-order valence-electron chi connectivity index (χ0n) is 12.1. The second-order valence-electron chi connectivity index (χ2n) is 5.32. The molecule has 1 fully saturated rings. The number of hydrogen-bond donors (Lipinski definition) is 1. The summed E-state index contributed by atoms with van der Waals surface area (Å²) in [6.45, 7) is 6.40. The minimum Gasteiger partial charge on any atom is -0.369 e. The van der Waals surface area contributed by atoms with Gasteiger partial charge < -0.3 is 10.6 Å². The smallest absolute Gasteiger partial charge is 0.218 e. The minimum absolute atomic E-state index is 0.167. The van der Waals surface area contributed by atoms with E-state index in [4.69, 9.17) is 5.73 Å². The van der Waals surface area contributed by atoms with Gasteiger partial charge in [-0.3, -0.25) is 0 Å². The van der Waals surface area contributed by atoms with Crippen molar-refractivity contribution in [3.63, 3.8) is 0 Å². The van der Waals surface area contributed by atoms with E-state index in [9.17, 15) is 8.42 Å². The first-order valence-electron chi connectivity index (χ1n) is 6.96. The van der Waals surface area contributed by atoms with Gasteiger partial charge in [-0.1, -0.05) is 12.1 Å². The highest BCUT2D eigenvalue weighted by molar-refractivity contribution is 7.89. The molecule has 2 rings (SSSR count). The van der Waals surface area contributed by atoms with Crippen LogP contribution in [-0.4, -0.2) is 50.7 Å². The third kappa shape index (κ3) is 3.13. The zero-order chi connectivity index (χ0) is 14.8. The molecule has 0 aliphatic carbocycles. The van der Waals surface area contributed by atoms with E-state index in [1.54, 1.807) is 11.2 Å². The van der Waals surface area contributed by atoms with Crippen LogP contribution in [0.5, 0.6) is 0 Å². The lowest BCUT2D eigenvalue weighted by molar-refractivity contribution is 0.380.